The van der Waals surface area contributed by atoms with E-state index in [1.54, 1.807) is 19.1 Å². The standard InChI is InChI=1S/C31H33NO6/c1-35-23-11-20(12-24(13-23)36-2)14-31(34)15-21-17-37-18-22(16-31)32(21)30(33)38-19-29-27-9-5-3-7-25(27)26-8-4-6-10-28(26)29/h3-13,21-22,29,34H,14-19H2,1-2H3. The van der Waals surface area contributed by atoms with Gasteiger partial charge in [-0.2, -0.15) is 0 Å². The number of amides is 1. The van der Waals surface area contributed by atoms with Gasteiger partial charge in [-0.05, 0) is 52.8 Å². The van der Waals surface area contributed by atoms with E-state index in [4.69, 9.17) is 18.9 Å². The average Bonchev–Trinajstić information content (AvgIpc) is 3.24. The zero-order valence-electron chi connectivity index (χ0n) is 21.8. The Bertz CT molecular complexity index is 1260. The monoisotopic (exact) mass is 515 g/mol. The number of hydrogen-bond donors (Lipinski definition) is 1. The summed E-state index contributed by atoms with van der Waals surface area (Å²) in [6, 6.07) is 21.8. The second-order valence-electron chi connectivity index (χ2n) is 10.6. The highest BCUT2D eigenvalue weighted by Crippen LogP contribution is 2.45. The van der Waals surface area contributed by atoms with Gasteiger partial charge in [0.05, 0.1) is 45.1 Å². The Labute approximate surface area is 222 Å². The first-order valence-electron chi connectivity index (χ1n) is 13.1. The third-order valence-corrected chi connectivity index (χ3v) is 8.13. The number of carbonyl (C=O) groups is 1. The summed E-state index contributed by atoms with van der Waals surface area (Å²) in [5, 5.41) is 11.7. The Morgan fingerprint density at radius 3 is 2.03 bits per heavy atom. The second kappa shape index (κ2) is 9.97. The van der Waals surface area contributed by atoms with Crippen LogP contribution in [0, 0.1) is 0 Å². The van der Waals surface area contributed by atoms with Crippen LogP contribution in [0.2, 0.25) is 0 Å². The van der Waals surface area contributed by atoms with E-state index in [1.165, 1.54) is 22.3 Å². The molecule has 38 heavy (non-hydrogen) atoms. The third-order valence-electron chi connectivity index (χ3n) is 8.13. The van der Waals surface area contributed by atoms with E-state index in [0.29, 0.717) is 44.0 Å². The topological polar surface area (TPSA) is 77.5 Å². The Kier molecular flexibility index (Phi) is 6.50. The first-order valence-corrected chi connectivity index (χ1v) is 13.1. The maximum absolute atomic E-state index is 13.5. The van der Waals surface area contributed by atoms with Crippen molar-refractivity contribution in [1.82, 2.24) is 4.90 Å². The molecule has 2 unspecified atom stereocenters. The minimum absolute atomic E-state index is 0.00667. The van der Waals surface area contributed by atoms with Gasteiger partial charge in [-0.1, -0.05) is 48.5 Å². The molecule has 1 N–H and O–H groups in total. The fourth-order valence-electron chi connectivity index (χ4n) is 6.53. The molecule has 1 aliphatic carbocycles. The van der Waals surface area contributed by atoms with Gasteiger partial charge in [0.15, 0.2) is 0 Å². The summed E-state index contributed by atoms with van der Waals surface area (Å²) < 4.78 is 22.6. The van der Waals surface area contributed by atoms with Gasteiger partial charge in [-0.25, -0.2) is 4.79 Å². The number of rotatable bonds is 6. The van der Waals surface area contributed by atoms with E-state index in [2.05, 4.69) is 24.3 Å². The van der Waals surface area contributed by atoms with Gasteiger partial charge in [0.1, 0.15) is 18.1 Å². The molecule has 6 rings (SSSR count). The summed E-state index contributed by atoms with van der Waals surface area (Å²) in [6.07, 6.45) is 0.919. The molecule has 7 nitrogen and oxygen atoms in total. The van der Waals surface area contributed by atoms with Crippen LogP contribution in [-0.4, -0.2) is 67.8 Å². The van der Waals surface area contributed by atoms with Crippen molar-refractivity contribution in [3.05, 3.63) is 83.4 Å². The second-order valence-corrected chi connectivity index (χ2v) is 10.6. The highest BCUT2D eigenvalue weighted by molar-refractivity contribution is 5.79. The number of hydrogen-bond acceptors (Lipinski definition) is 6. The number of methoxy groups -OCH3 is 2. The molecule has 0 aromatic heterocycles. The number of nitrogens with zero attached hydrogens (tertiary/aromatic N) is 1. The highest BCUT2D eigenvalue weighted by Gasteiger charge is 2.49. The van der Waals surface area contributed by atoms with Crippen LogP contribution in [0.15, 0.2) is 66.7 Å². The van der Waals surface area contributed by atoms with Crippen molar-refractivity contribution in [2.75, 3.05) is 34.0 Å². The lowest BCUT2D eigenvalue weighted by molar-refractivity contribution is -0.132. The Hall–Kier alpha value is -3.55. The first-order chi connectivity index (χ1) is 18.5. The largest absolute Gasteiger partial charge is 0.497 e. The van der Waals surface area contributed by atoms with Gasteiger partial charge in [0, 0.05) is 18.4 Å². The van der Waals surface area contributed by atoms with Crippen LogP contribution in [0.25, 0.3) is 11.1 Å². The summed E-state index contributed by atoms with van der Waals surface area (Å²) in [6.45, 7) is 1.03. The minimum atomic E-state index is -0.976. The average molecular weight is 516 g/mol. The van der Waals surface area contributed by atoms with Crippen molar-refractivity contribution in [3.63, 3.8) is 0 Å². The summed E-state index contributed by atoms with van der Waals surface area (Å²) in [7, 11) is 3.23. The molecule has 1 amide bonds. The zero-order valence-corrected chi connectivity index (χ0v) is 21.8. The number of piperidine rings is 1. The zero-order chi connectivity index (χ0) is 26.3. The predicted octanol–water partition coefficient (Wildman–Crippen LogP) is 4.79. The van der Waals surface area contributed by atoms with Crippen LogP contribution in [-0.2, 0) is 15.9 Å². The van der Waals surface area contributed by atoms with Gasteiger partial charge in [-0.3, -0.25) is 4.90 Å². The molecular formula is C31H33NO6. The van der Waals surface area contributed by atoms with E-state index in [9.17, 15) is 9.90 Å². The van der Waals surface area contributed by atoms with Crippen molar-refractivity contribution in [3.8, 4) is 22.6 Å². The Balaban J connectivity index is 1.17. The number of carbonyl (C=O) groups excluding carboxylic acids is 1. The number of morpholine rings is 1. The van der Waals surface area contributed by atoms with Gasteiger partial charge in [-0.15, -0.1) is 0 Å². The van der Waals surface area contributed by atoms with Crippen molar-refractivity contribution in [1.29, 1.82) is 0 Å². The molecule has 0 radical (unpaired) electrons. The van der Waals surface area contributed by atoms with E-state index in [0.717, 1.165) is 5.56 Å². The molecule has 0 spiro atoms. The molecule has 3 aromatic carbocycles. The Morgan fingerprint density at radius 1 is 0.921 bits per heavy atom. The smallest absolute Gasteiger partial charge is 0.410 e. The van der Waals surface area contributed by atoms with Crippen molar-refractivity contribution in [2.24, 2.45) is 0 Å². The lowest BCUT2D eigenvalue weighted by atomic mass is 9.77. The van der Waals surface area contributed by atoms with E-state index in [1.807, 2.05) is 42.5 Å². The van der Waals surface area contributed by atoms with Crippen LogP contribution < -0.4 is 9.47 Å². The van der Waals surface area contributed by atoms with Gasteiger partial charge >= 0.3 is 6.09 Å². The van der Waals surface area contributed by atoms with E-state index >= 15 is 0 Å². The lowest BCUT2D eigenvalue weighted by Gasteiger charge is -2.51. The highest BCUT2D eigenvalue weighted by atomic mass is 16.6. The normalized spacial score (nSPS) is 23.9. The number of benzene rings is 3. The molecule has 2 bridgehead atoms. The molecule has 3 aromatic rings. The summed E-state index contributed by atoms with van der Waals surface area (Å²) >= 11 is 0. The first kappa shape index (κ1) is 24.8. The van der Waals surface area contributed by atoms with Crippen LogP contribution in [0.5, 0.6) is 11.5 Å². The number of ether oxygens (including phenoxy) is 4. The minimum Gasteiger partial charge on any atom is -0.497 e. The molecule has 3 aliphatic rings. The fraction of sp³-hybridized carbons (Fsp3) is 0.387. The van der Waals surface area contributed by atoms with Crippen LogP contribution >= 0.6 is 0 Å². The van der Waals surface area contributed by atoms with Crippen molar-refractivity contribution >= 4 is 6.09 Å². The van der Waals surface area contributed by atoms with Crippen molar-refractivity contribution in [2.45, 2.75) is 42.9 Å². The SMILES string of the molecule is COc1cc(CC2(O)CC3COCC(C2)N3C(=O)OCC2c3ccccc3-c3ccccc32)cc(OC)c1. The van der Waals surface area contributed by atoms with Gasteiger partial charge in [0.25, 0.3) is 0 Å². The number of fused-ring (bicyclic) bond motifs is 5. The molecule has 2 aliphatic heterocycles. The molecule has 7 heteroatoms. The summed E-state index contributed by atoms with van der Waals surface area (Å²) in [5.74, 6) is 1.37. The maximum Gasteiger partial charge on any atom is 0.410 e. The maximum atomic E-state index is 13.5. The third kappa shape index (κ3) is 4.50. The molecule has 2 heterocycles. The van der Waals surface area contributed by atoms with Crippen molar-refractivity contribution < 1.29 is 28.8 Å². The Morgan fingerprint density at radius 2 is 1.47 bits per heavy atom. The summed E-state index contributed by atoms with van der Waals surface area (Å²) in [5.41, 5.74) is 4.73. The summed E-state index contributed by atoms with van der Waals surface area (Å²) in [4.78, 5) is 15.3. The fourth-order valence-corrected chi connectivity index (χ4v) is 6.53. The van der Waals surface area contributed by atoms with E-state index in [-0.39, 0.29) is 30.7 Å². The molecule has 2 atom stereocenters. The molecule has 2 fully saturated rings. The van der Waals surface area contributed by atoms with E-state index < -0.39 is 5.60 Å². The molecular weight excluding hydrogens is 482 g/mol. The van der Waals surface area contributed by atoms with Gasteiger partial charge in [0.2, 0.25) is 0 Å². The van der Waals surface area contributed by atoms with Crippen LogP contribution in [0.4, 0.5) is 4.79 Å². The van der Waals surface area contributed by atoms with Crippen LogP contribution in [0.3, 0.4) is 0 Å². The quantitative estimate of drug-likeness (QED) is 0.509. The number of aliphatic hydroxyl groups is 1. The molecule has 2 saturated heterocycles. The predicted molar refractivity (Wildman–Crippen MR) is 143 cm³/mol. The molecule has 0 saturated carbocycles. The molecule has 198 valence electrons. The lowest BCUT2D eigenvalue weighted by Crippen LogP contribution is -2.64. The van der Waals surface area contributed by atoms with Crippen LogP contribution in [0.1, 0.15) is 35.4 Å². The van der Waals surface area contributed by atoms with Gasteiger partial charge < -0.3 is 24.1 Å².